The quantitative estimate of drug-likeness (QED) is 0.358. The molecule has 0 unspecified atom stereocenters. The van der Waals surface area contributed by atoms with E-state index >= 15 is 0 Å². The van der Waals surface area contributed by atoms with Crippen molar-refractivity contribution >= 4 is 11.4 Å². The van der Waals surface area contributed by atoms with Crippen molar-refractivity contribution in [1.29, 1.82) is 0 Å². The topological polar surface area (TPSA) is 57.8 Å². The van der Waals surface area contributed by atoms with Crippen molar-refractivity contribution in [2.75, 3.05) is 0 Å². The molecule has 1 aromatic heterocycles. The number of phenols is 1. The van der Waals surface area contributed by atoms with E-state index in [2.05, 4.69) is 22.1 Å². The highest BCUT2D eigenvalue weighted by Gasteiger charge is 2.03. The summed E-state index contributed by atoms with van der Waals surface area (Å²) in [5, 5.41) is 18.2. The van der Waals surface area contributed by atoms with Crippen LogP contribution in [0.5, 0.6) is 5.75 Å². The van der Waals surface area contributed by atoms with Gasteiger partial charge in [0.1, 0.15) is 17.1 Å². The number of rotatable bonds is 11. The second kappa shape index (κ2) is 11.3. The van der Waals surface area contributed by atoms with E-state index < -0.39 is 0 Å². The number of nitrogens with zero attached hydrogens (tertiary/aromatic N) is 3. The van der Waals surface area contributed by atoms with Gasteiger partial charge in [-0.05, 0) is 42.7 Å². The first-order valence-corrected chi connectivity index (χ1v) is 9.43. The van der Waals surface area contributed by atoms with E-state index in [0.717, 1.165) is 6.42 Å². The van der Waals surface area contributed by atoms with Crippen molar-refractivity contribution in [1.82, 2.24) is 4.98 Å². The van der Waals surface area contributed by atoms with Crippen LogP contribution in [-0.2, 0) is 6.42 Å². The van der Waals surface area contributed by atoms with Gasteiger partial charge in [-0.25, -0.2) is 0 Å². The summed E-state index contributed by atoms with van der Waals surface area (Å²) in [6.45, 7) is 2.25. The minimum Gasteiger partial charge on any atom is -0.506 e. The molecule has 0 aliphatic heterocycles. The second-order valence-corrected chi connectivity index (χ2v) is 6.46. The molecule has 4 nitrogen and oxygen atoms in total. The largest absolute Gasteiger partial charge is 0.506 e. The first-order valence-electron chi connectivity index (χ1n) is 9.43. The maximum absolute atomic E-state index is 9.96. The molecule has 0 radical (unpaired) electrons. The van der Waals surface area contributed by atoms with Crippen LogP contribution in [0.1, 0.15) is 63.9 Å². The van der Waals surface area contributed by atoms with Crippen LogP contribution in [0, 0.1) is 0 Å². The first kappa shape index (κ1) is 19.1. The Morgan fingerprint density at radius 1 is 0.920 bits per heavy atom. The van der Waals surface area contributed by atoms with Gasteiger partial charge in [0, 0.05) is 6.20 Å². The van der Waals surface area contributed by atoms with Crippen molar-refractivity contribution < 1.29 is 5.11 Å². The fraction of sp³-hybridized carbons (Fsp3) is 0.476. The summed E-state index contributed by atoms with van der Waals surface area (Å²) in [7, 11) is 0. The Balaban J connectivity index is 1.78. The van der Waals surface area contributed by atoms with Crippen LogP contribution in [-0.4, -0.2) is 10.1 Å². The van der Waals surface area contributed by atoms with E-state index in [0.29, 0.717) is 11.4 Å². The second-order valence-electron chi connectivity index (χ2n) is 6.46. The van der Waals surface area contributed by atoms with E-state index in [-0.39, 0.29) is 5.75 Å². The summed E-state index contributed by atoms with van der Waals surface area (Å²) in [6.07, 6.45) is 14.9. The first-order chi connectivity index (χ1) is 12.3. The average Bonchev–Trinajstić information content (AvgIpc) is 2.65. The normalized spacial score (nSPS) is 11.2. The molecule has 0 spiro atoms. The fourth-order valence-electron chi connectivity index (χ4n) is 2.79. The summed E-state index contributed by atoms with van der Waals surface area (Å²) in [5.41, 5.74) is 2.39. The molecule has 0 amide bonds. The highest BCUT2D eigenvalue weighted by Crippen LogP contribution is 2.29. The van der Waals surface area contributed by atoms with E-state index in [4.69, 9.17) is 0 Å². The number of aromatic nitrogens is 1. The fourth-order valence-corrected chi connectivity index (χ4v) is 2.79. The summed E-state index contributed by atoms with van der Waals surface area (Å²) >= 11 is 0. The van der Waals surface area contributed by atoms with Gasteiger partial charge in [-0.2, -0.15) is 0 Å². The molecule has 0 aliphatic rings. The Morgan fingerprint density at radius 2 is 1.68 bits per heavy atom. The highest BCUT2D eigenvalue weighted by atomic mass is 16.3. The smallest absolute Gasteiger partial charge is 0.143 e. The molecule has 1 heterocycles. The zero-order valence-electron chi connectivity index (χ0n) is 15.2. The van der Waals surface area contributed by atoms with Crippen molar-refractivity contribution in [2.45, 2.75) is 64.7 Å². The predicted molar refractivity (Wildman–Crippen MR) is 103 cm³/mol. The number of phenolic OH excluding ortho intramolecular Hbond substituents is 1. The number of benzene rings is 1. The molecule has 1 aromatic carbocycles. The Kier molecular flexibility index (Phi) is 8.67. The molecule has 0 saturated heterocycles. The van der Waals surface area contributed by atoms with E-state index in [1.165, 1.54) is 56.9 Å². The van der Waals surface area contributed by atoms with Gasteiger partial charge in [-0.15, -0.1) is 10.2 Å². The van der Waals surface area contributed by atoms with Gasteiger partial charge in [0.05, 0.1) is 6.20 Å². The molecule has 0 bridgehead atoms. The number of aromatic hydroxyl groups is 1. The number of hydrogen-bond donors (Lipinski definition) is 1. The lowest BCUT2D eigenvalue weighted by Gasteiger charge is -2.05. The third-order valence-corrected chi connectivity index (χ3v) is 4.28. The van der Waals surface area contributed by atoms with Crippen molar-refractivity contribution in [3.63, 3.8) is 0 Å². The van der Waals surface area contributed by atoms with E-state index in [1.54, 1.807) is 18.5 Å². The molecule has 4 heteroatoms. The molecule has 0 saturated carbocycles. The Morgan fingerprint density at radius 3 is 2.40 bits per heavy atom. The number of azo groups is 1. The van der Waals surface area contributed by atoms with E-state index in [1.807, 2.05) is 24.3 Å². The lowest BCUT2D eigenvalue weighted by molar-refractivity contribution is 0.476. The zero-order chi connectivity index (χ0) is 17.7. The highest BCUT2D eigenvalue weighted by molar-refractivity contribution is 5.52. The van der Waals surface area contributed by atoms with Gasteiger partial charge >= 0.3 is 0 Å². The van der Waals surface area contributed by atoms with Crippen LogP contribution >= 0.6 is 0 Å². The maximum atomic E-state index is 9.96. The van der Waals surface area contributed by atoms with Gasteiger partial charge in [0.25, 0.3) is 0 Å². The summed E-state index contributed by atoms with van der Waals surface area (Å²) in [5.74, 6) is 0.160. The molecule has 134 valence electrons. The van der Waals surface area contributed by atoms with Gasteiger partial charge in [0.15, 0.2) is 0 Å². The molecule has 0 atom stereocenters. The SMILES string of the molecule is CCCCCCCCCCc1ccc(O)c(N=Nc2cccnc2)c1. The predicted octanol–water partition coefficient (Wildman–Crippen LogP) is 6.89. The van der Waals surface area contributed by atoms with Crippen molar-refractivity contribution in [3.8, 4) is 5.75 Å². The summed E-state index contributed by atoms with van der Waals surface area (Å²) in [6, 6.07) is 9.25. The van der Waals surface area contributed by atoms with Gasteiger partial charge in [-0.3, -0.25) is 4.98 Å². The van der Waals surface area contributed by atoms with Crippen LogP contribution in [0.3, 0.4) is 0 Å². The van der Waals surface area contributed by atoms with Gasteiger partial charge in [0.2, 0.25) is 0 Å². The molecule has 0 fully saturated rings. The van der Waals surface area contributed by atoms with Crippen LogP contribution in [0.4, 0.5) is 11.4 Å². The van der Waals surface area contributed by atoms with E-state index in [9.17, 15) is 5.11 Å². The van der Waals surface area contributed by atoms with Crippen LogP contribution in [0.2, 0.25) is 0 Å². The number of pyridine rings is 1. The van der Waals surface area contributed by atoms with Crippen LogP contribution < -0.4 is 0 Å². The standard InChI is InChI=1S/C21H29N3O/c1-2-3-4-5-6-7-8-9-11-18-13-14-21(25)20(16-18)24-23-19-12-10-15-22-17-19/h10,12-17,25H,2-9,11H2,1H3. The van der Waals surface area contributed by atoms with Crippen molar-refractivity contribution in [3.05, 3.63) is 48.3 Å². The molecule has 2 rings (SSSR count). The average molecular weight is 339 g/mol. The summed E-state index contributed by atoms with van der Waals surface area (Å²) in [4.78, 5) is 4.00. The number of unbranched alkanes of at least 4 members (excludes halogenated alkanes) is 7. The summed E-state index contributed by atoms with van der Waals surface area (Å²) < 4.78 is 0. The Hall–Kier alpha value is -2.23. The van der Waals surface area contributed by atoms with Crippen LogP contribution in [0.25, 0.3) is 0 Å². The Bertz CT molecular complexity index is 641. The molecular weight excluding hydrogens is 310 g/mol. The third kappa shape index (κ3) is 7.46. The minimum absolute atomic E-state index is 0.160. The molecule has 2 aromatic rings. The lowest BCUT2D eigenvalue weighted by Crippen LogP contribution is -1.86. The van der Waals surface area contributed by atoms with Gasteiger partial charge < -0.3 is 5.11 Å². The third-order valence-electron chi connectivity index (χ3n) is 4.28. The monoisotopic (exact) mass is 339 g/mol. The number of hydrogen-bond acceptors (Lipinski definition) is 4. The minimum atomic E-state index is 0.160. The molecule has 1 N–H and O–H groups in total. The number of aryl methyl sites for hydroxylation is 1. The van der Waals surface area contributed by atoms with Gasteiger partial charge in [-0.1, -0.05) is 57.9 Å². The van der Waals surface area contributed by atoms with Crippen molar-refractivity contribution in [2.24, 2.45) is 10.2 Å². The zero-order valence-corrected chi connectivity index (χ0v) is 15.2. The molecular formula is C21H29N3O. The molecule has 0 aliphatic carbocycles. The molecule has 25 heavy (non-hydrogen) atoms. The Labute approximate surface area is 151 Å². The maximum Gasteiger partial charge on any atom is 0.143 e. The van der Waals surface area contributed by atoms with Crippen LogP contribution in [0.15, 0.2) is 53.0 Å². The lowest BCUT2D eigenvalue weighted by atomic mass is 10.0.